The molecule has 0 radical (unpaired) electrons. The van der Waals surface area contributed by atoms with E-state index in [9.17, 15) is 0 Å². The first-order valence-corrected chi connectivity index (χ1v) is 8.36. The van der Waals surface area contributed by atoms with E-state index in [0.29, 0.717) is 5.54 Å². The van der Waals surface area contributed by atoms with Gasteiger partial charge in [-0.15, -0.1) is 0 Å². The van der Waals surface area contributed by atoms with Crippen LogP contribution in [0.25, 0.3) is 0 Å². The summed E-state index contributed by atoms with van der Waals surface area (Å²) < 4.78 is 0. The van der Waals surface area contributed by atoms with Crippen LogP contribution >= 0.6 is 11.8 Å². The second-order valence-electron chi connectivity index (χ2n) is 4.97. The van der Waals surface area contributed by atoms with Crippen LogP contribution in [0, 0.1) is 0 Å². The molecular weight excluding hydrogens is 242 g/mol. The van der Waals surface area contributed by atoms with Gasteiger partial charge in [-0.05, 0) is 38.9 Å². The first kappa shape index (κ1) is 15.8. The molecule has 106 valence electrons. The molecule has 0 amide bonds. The lowest BCUT2D eigenvalue weighted by molar-refractivity contribution is 0.302. The molecule has 1 fully saturated rings. The molecule has 0 bridgehead atoms. The third kappa shape index (κ3) is 4.47. The molecule has 0 spiro atoms. The Morgan fingerprint density at radius 1 is 1.22 bits per heavy atom. The fourth-order valence-electron chi connectivity index (χ4n) is 2.24. The van der Waals surface area contributed by atoms with Gasteiger partial charge >= 0.3 is 0 Å². The van der Waals surface area contributed by atoms with Crippen LogP contribution in [0.3, 0.4) is 0 Å². The van der Waals surface area contributed by atoms with E-state index in [2.05, 4.69) is 37.9 Å². The average molecular weight is 271 g/mol. The van der Waals surface area contributed by atoms with E-state index < -0.39 is 0 Å². The summed E-state index contributed by atoms with van der Waals surface area (Å²) in [5, 5.41) is 4.78. The lowest BCUT2D eigenvalue weighted by Gasteiger charge is -2.25. The van der Waals surface area contributed by atoms with E-state index in [1.54, 1.807) is 0 Å². The van der Waals surface area contributed by atoms with Crippen LogP contribution in [-0.4, -0.2) is 47.5 Å². The van der Waals surface area contributed by atoms with E-state index in [-0.39, 0.29) is 0 Å². The summed E-state index contributed by atoms with van der Waals surface area (Å²) in [6.07, 6.45) is 3.54. The number of aliphatic imine (C=N–C) groups is 1. The van der Waals surface area contributed by atoms with Gasteiger partial charge in [0, 0.05) is 17.8 Å². The van der Waals surface area contributed by atoms with Crippen molar-refractivity contribution < 1.29 is 0 Å². The van der Waals surface area contributed by atoms with Crippen LogP contribution in [0.1, 0.15) is 47.0 Å². The Kier molecular flexibility index (Phi) is 7.08. The van der Waals surface area contributed by atoms with Crippen LogP contribution in [-0.2, 0) is 0 Å². The van der Waals surface area contributed by atoms with Crippen LogP contribution in [0.2, 0.25) is 0 Å². The molecule has 0 atom stereocenters. The maximum atomic E-state index is 4.70. The Labute approximate surface area is 117 Å². The molecular formula is C14H29N3S. The minimum absolute atomic E-state index is 0.308. The molecule has 1 saturated heterocycles. The van der Waals surface area contributed by atoms with Crippen molar-refractivity contribution in [3.8, 4) is 0 Å². The quantitative estimate of drug-likeness (QED) is 0.688. The number of nitrogens with zero attached hydrogens (tertiary/aromatic N) is 2. The van der Waals surface area contributed by atoms with Crippen molar-refractivity contribution in [2.45, 2.75) is 52.5 Å². The highest BCUT2D eigenvalue weighted by atomic mass is 32.2. The SMILES string of the molecule is CCN(CC)CCCN=C1NC(CC)(CC)CS1. The van der Waals surface area contributed by atoms with E-state index in [4.69, 9.17) is 4.99 Å². The summed E-state index contributed by atoms with van der Waals surface area (Å²) in [6, 6.07) is 0. The van der Waals surface area contributed by atoms with Crippen LogP contribution < -0.4 is 5.32 Å². The normalized spacial score (nSPS) is 20.6. The Morgan fingerprint density at radius 3 is 2.39 bits per heavy atom. The second-order valence-corrected chi connectivity index (χ2v) is 5.93. The van der Waals surface area contributed by atoms with Crippen LogP contribution in [0.15, 0.2) is 4.99 Å². The summed E-state index contributed by atoms with van der Waals surface area (Å²) in [5.74, 6) is 1.18. The number of thioether (sulfide) groups is 1. The predicted octanol–water partition coefficient (Wildman–Crippen LogP) is 2.97. The molecule has 0 aliphatic carbocycles. The van der Waals surface area contributed by atoms with E-state index in [1.807, 2.05) is 11.8 Å². The van der Waals surface area contributed by atoms with Crippen molar-refractivity contribution in [3.63, 3.8) is 0 Å². The highest BCUT2D eigenvalue weighted by Crippen LogP contribution is 2.28. The minimum atomic E-state index is 0.308. The minimum Gasteiger partial charge on any atom is -0.359 e. The highest BCUT2D eigenvalue weighted by Gasteiger charge is 2.33. The zero-order chi connectivity index (χ0) is 13.4. The Hall–Kier alpha value is -0.220. The molecule has 0 unspecified atom stereocenters. The maximum Gasteiger partial charge on any atom is 0.157 e. The number of amidine groups is 1. The van der Waals surface area contributed by atoms with Gasteiger partial charge in [-0.3, -0.25) is 4.99 Å². The van der Waals surface area contributed by atoms with Crippen LogP contribution in [0.4, 0.5) is 0 Å². The van der Waals surface area contributed by atoms with Crippen molar-refractivity contribution in [2.24, 2.45) is 4.99 Å². The zero-order valence-electron chi connectivity index (χ0n) is 12.5. The first-order chi connectivity index (χ1) is 8.69. The van der Waals surface area contributed by atoms with Crippen molar-refractivity contribution in [3.05, 3.63) is 0 Å². The summed E-state index contributed by atoms with van der Waals surface area (Å²) in [7, 11) is 0. The number of nitrogens with one attached hydrogen (secondary N) is 1. The number of hydrogen-bond acceptors (Lipinski definition) is 3. The summed E-state index contributed by atoms with van der Waals surface area (Å²) in [6.45, 7) is 13.4. The Morgan fingerprint density at radius 2 is 1.89 bits per heavy atom. The zero-order valence-corrected chi connectivity index (χ0v) is 13.3. The smallest absolute Gasteiger partial charge is 0.157 e. The average Bonchev–Trinajstić information content (AvgIpc) is 2.83. The second kappa shape index (κ2) is 8.05. The highest BCUT2D eigenvalue weighted by molar-refractivity contribution is 8.14. The van der Waals surface area contributed by atoms with Gasteiger partial charge in [0.15, 0.2) is 5.17 Å². The third-order valence-corrected chi connectivity index (χ3v) is 5.19. The lowest BCUT2D eigenvalue weighted by Crippen LogP contribution is -2.42. The molecule has 1 N–H and O–H groups in total. The maximum absolute atomic E-state index is 4.70. The Balaban J connectivity index is 2.28. The summed E-state index contributed by atoms with van der Waals surface area (Å²) in [4.78, 5) is 7.15. The molecule has 1 rings (SSSR count). The van der Waals surface area contributed by atoms with Gasteiger partial charge in [-0.1, -0.05) is 39.5 Å². The fourth-order valence-corrected chi connectivity index (χ4v) is 3.60. The number of hydrogen-bond donors (Lipinski definition) is 1. The van der Waals surface area contributed by atoms with Crippen molar-refractivity contribution in [1.82, 2.24) is 10.2 Å². The van der Waals surface area contributed by atoms with Gasteiger partial charge in [0.05, 0.1) is 0 Å². The van der Waals surface area contributed by atoms with Gasteiger partial charge in [0.1, 0.15) is 0 Å². The van der Waals surface area contributed by atoms with Crippen molar-refractivity contribution >= 4 is 16.9 Å². The number of rotatable bonds is 8. The molecule has 1 heterocycles. The van der Waals surface area contributed by atoms with Gasteiger partial charge in [-0.2, -0.15) is 0 Å². The molecule has 0 aromatic rings. The van der Waals surface area contributed by atoms with Crippen LogP contribution in [0.5, 0.6) is 0 Å². The lowest BCUT2D eigenvalue weighted by atomic mass is 9.96. The van der Waals surface area contributed by atoms with Gasteiger partial charge in [-0.25, -0.2) is 0 Å². The van der Waals surface area contributed by atoms with Gasteiger partial charge in [0.2, 0.25) is 0 Å². The van der Waals surface area contributed by atoms with E-state index in [1.165, 1.54) is 36.7 Å². The first-order valence-electron chi connectivity index (χ1n) is 7.37. The molecule has 0 aromatic heterocycles. The monoisotopic (exact) mass is 271 g/mol. The molecule has 1 aliphatic heterocycles. The molecule has 18 heavy (non-hydrogen) atoms. The van der Waals surface area contributed by atoms with Crippen molar-refractivity contribution in [2.75, 3.05) is 31.9 Å². The molecule has 3 nitrogen and oxygen atoms in total. The molecule has 0 saturated carbocycles. The van der Waals surface area contributed by atoms with Crippen molar-refractivity contribution in [1.29, 1.82) is 0 Å². The topological polar surface area (TPSA) is 27.6 Å². The van der Waals surface area contributed by atoms with E-state index >= 15 is 0 Å². The Bertz CT molecular complexity index is 258. The predicted molar refractivity (Wildman–Crippen MR) is 83.6 cm³/mol. The molecule has 1 aliphatic rings. The van der Waals surface area contributed by atoms with Gasteiger partial charge in [0.25, 0.3) is 0 Å². The summed E-state index contributed by atoms with van der Waals surface area (Å²) in [5.41, 5.74) is 0.308. The summed E-state index contributed by atoms with van der Waals surface area (Å²) >= 11 is 1.89. The standard InChI is InChI=1S/C14H29N3S/c1-5-14(6-2)12-18-13(16-14)15-10-9-11-17(7-3)8-4/h5-12H2,1-4H3,(H,15,16). The van der Waals surface area contributed by atoms with E-state index in [0.717, 1.165) is 19.6 Å². The fraction of sp³-hybridized carbons (Fsp3) is 0.929. The third-order valence-electron chi connectivity index (χ3n) is 3.99. The largest absolute Gasteiger partial charge is 0.359 e. The van der Waals surface area contributed by atoms with Gasteiger partial charge < -0.3 is 10.2 Å². The molecule has 4 heteroatoms. The molecule has 0 aromatic carbocycles.